The summed E-state index contributed by atoms with van der Waals surface area (Å²) in [6.07, 6.45) is 4.01. The topological polar surface area (TPSA) is 55.1 Å². The van der Waals surface area contributed by atoms with Crippen molar-refractivity contribution in [3.05, 3.63) is 90.3 Å². The molecule has 4 rings (SSSR count). The first-order valence-corrected chi connectivity index (χ1v) is 9.03. The Kier molecular flexibility index (Phi) is 4.71. The number of rotatable bonds is 6. The van der Waals surface area contributed by atoms with E-state index in [0.29, 0.717) is 5.56 Å². The standard InChI is InChI=1S/C23H20N2O2/c26-23(27)19-10-8-18(9-11-19)20-12-13-22-21(15-20)24-16-25(22)14-4-7-17-5-2-1-3-6-17/h1-3,5-6,8-13,15-16H,4,7,14H2,(H,26,27). The summed E-state index contributed by atoms with van der Waals surface area (Å²) in [7, 11) is 0. The Morgan fingerprint density at radius 1 is 0.926 bits per heavy atom. The minimum atomic E-state index is -0.911. The molecule has 0 amide bonds. The summed E-state index contributed by atoms with van der Waals surface area (Å²) in [4.78, 5) is 15.5. The average molecular weight is 356 g/mol. The smallest absolute Gasteiger partial charge is 0.335 e. The van der Waals surface area contributed by atoms with Crippen LogP contribution in [0.2, 0.25) is 0 Å². The van der Waals surface area contributed by atoms with Gasteiger partial charge in [0.15, 0.2) is 0 Å². The molecule has 0 aliphatic carbocycles. The lowest BCUT2D eigenvalue weighted by Gasteiger charge is -2.06. The van der Waals surface area contributed by atoms with E-state index in [0.717, 1.165) is 41.5 Å². The second-order valence-corrected chi connectivity index (χ2v) is 6.61. The number of nitrogens with zero attached hydrogens (tertiary/aromatic N) is 2. The number of carboxylic acids is 1. The molecule has 4 aromatic rings. The van der Waals surface area contributed by atoms with Crippen LogP contribution in [0.4, 0.5) is 0 Å². The molecule has 134 valence electrons. The van der Waals surface area contributed by atoms with Gasteiger partial charge in [-0.25, -0.2) is 9.78 Å². The Morgan fingerprint density at radius 2 is 1.67 bits per heavy atom. The summed E-state index contributed by atoms with van der Waals surface area (Å²) in [6.45, 7) is 0.929. The highest BCUT2D eigenvalue weighted by molar-refractivity contribution is 5.89. The lowest BCUT2D eigenvalue weighted by molar-refractivity contribution is 0.0697. The van der Waals surface area contributed by atoms with Gasteiger partial charge in [-0.1, -0.05) is 48.5 Å². The number of carbonyl (C=O) groups is 1. The average Bonchev–Trinajstić information content (AvgIpc) is 3.11. The highest BCUT2D eigenvalue weighted by atomic mass is 16.4. The van der Waals surface area contributed by atoms with Gasteiger partial charge in [-0.2, -0.15) is 0 Å². The van der Waals surface area contributed by atoms with Crippen LogP contribution in [-0.2, 0) is 13.0 Å². The molecule has 0 bridgehead atoms. The molecule has 4 heteroatoms. The molecule has 0 aliphatic heterocycles. The zero-order valence-corrected chi connectivity index (χ0v) is 14.9. The van der Waals surface area contributed by atoms with Gasteiger partial charge < -0.3 is 9.67 Å². The van der Waals surface area contributed by atoms with Gasteiger partial charge in [0.2, 0.25) is 0 Å². The fraction of sp³-hybridized carbons (Fsp3) is 0.130. The minimum Gasteiger partial charge on any atom is -0.478 e. The van der Waals surface area contributed by atoms with Crippen molar-refractivity contribution >= 4 is 17.0 Å². The first kappa shape index (κ1) is 17.0. The van der Waals surface area contributed by atoms with E-state index in [1.165, 1.54) is 5.56 Å². The minimum absolute atomic E-state index is 0.294. The number of benzene rings is 3. The van der Waals surface area contributed by atoms with Crippen LogP contribution in [0.5, 0.6) is 0 Å². The second-order valence-electron chi connectivity index (χ2n) is 6.61. The Morgan fingerprint density at radius 3 is 2.41 bits per heavy atom. The van der Waals surface area contributed by atoms with Crippen LogP contribution in [0, 0.1) is 0 Å². The fourth-order valence-corrected chi connectivity index (χ4v) is 3.33. The maximum atomic E-state index is 11.0. The first-order chi connectivity index (χ1) is 13.2. The maximum absolute atomic E-state index is 11.0. The quantitative estimate of drug-likeness (QED) is 0.527. The molecular weight excluding hydrogens is 336 g/mol. The van der Waals surface area contributed by atoms with E-state index in [-0.39, 0.29) is 0 Å². The van der Waals surface area contributed by atoms with Crippen LogP contribution in [-0.4, -0.2) is 20.6 Å². The molecule has 1 heterocycles. The van der Waals surface area contributed by atoms with Crippen molar-refractivity contribution < 1.29 is 9.90 Å². The van der Waals surface area contributed by atoms with Gasteiger partial charge in [-0.15, -0.1) is 0 Å². The third-order valence-electron chi connectivity index (χ3n) is 4.79. The lowest BCUT2D eigenvalue weighted by atomic mass is 10.0. The Labute approximate surface area is 157 Å². The van der Waals surface area contributed by atoms with Gasteiger partial charge in [0, 0.05) is 6.54 Å². The molecular formula is C23H20N2O2. The van der Waals surface area contributed by atoms with Gasteiger partial charge in [0.1, 0.15) is 0 Å². The highest BCUT2D eigenvalue weighted by Gasteiger charge is 2.07. The second kappa shape index (κ2) is 7.46. The molecule has 0 fully saturated rings. The third kappa shape index (κ3) is 3.75. The summed E-state index contributed by atoms with van der Waals surface area (Å²) in [5.74, 6) is -0.911. The molecule has 4 nitrogen and oxygen atoms in total. The molecule has 1 aromatic heterocycles. The molecule has 0 spiro atoms. The molecule has 1 N–H and O–H groups in total. The SMILES string of the molecule is O=C(O)c1ccc(-c2ccc3c(c2)ncn3CCCc2ccccc2)cc1. The van der Waals surface area contributed by atoms with Gasteiger partial charge in [-0.05, 0) is 53.8 Å². The van der Waals surface area contributed by atoms with E-state index in [1.54, 1.807) is 12.1 Å². The number of imidazole rings is 1. The number of aromatic nitrogens is 2. The summed E-state index contributed by atoms with van der Waals surface area (Å²) >= 11 is 0. The van der Waals surface area contributed by atoms with Gasteiger partial charge in [0.25, 0.3) is 0 Å². The van der Waals surface area contributed by atoms with Crippen molar-refractivity contribution in [3.63, 3.8) is 0 Å². The van der Waals surface area contributed by atoms with Crippen molar-refractivity contribution in [2.45, 2.75) is 19.4 Å². The van der Waals surface area contributed by atoms with Crippen molar-refractivity contribution in [1.29, 1.82) is 0 Å². The van der Waals surface area contributed by atoms with E-state index in [9.17, 15) is 4.79 Å². The van der Waals surface area contributed by atoms with Gasteiger partial charge in [0.05, 0.1) is 22.9 Å². The van der Waals surface area contributed by atoms with Crippen LogP contribution in [0.3, 0.4) is 0 Å². The predicted molar refractivity (Wildman–Crippen MR) is 107 cm³/mol. The molecule has 0 atom stereocenters. The van der Waals surface area contributed by atoms with E-state index >= 15 is 0 Å². The summed E-state index contributed by atoms with van der Waals surface area (Å²) in [6, 6.07) is 23.6. The van der Waals surface area contributed by atoms with Crippen molar-refractivity contribution in [1.82, 2.24) is 9.55 Å². The molecule has 0 aliphatic rings. The molecule has 0 unspecified atom stereocenters. The lowest BCUT2D eigenvalue weighted by Crippen LogP contribution is -1.98. The zero-order chi connectivity index (χ0) is 18.6. The number of fused-ring (bicyclic) bond motifs is 1. The Hall–Kier alpha value is -3.40. The maximum Gasteiger partial charge on any atom is 0.335 e. The first-order valence-electron chi connectivity index (χ1n) is 9.03. The summed E-state index contributed by atoms with van der Waals surface area (Å²) in [5, 5.41) is 9.02. The Bertz CT molecular complexity index is 1070. The predicted octanol–water partition coefficient (Wildman–Crippen LogP) is 5.03. The summed E-state index contributed by atoms with van der Waals surface area (Å²) in [5.41, 5.74) is 5.74. The van der Waals surface area contributed by atoms with Gasteiger partial charge >= 0.3 is 5.97 Å². The van der Waals surface area contributed by atoms with Crippen molar-refractivity contribution in [2.24, 2.45) is 0 Å². The Balaban J connectivity index is 1.50. The van der Waals surface area contributed by atoms with Crippen LogP contribution in [0.15, 0.2) is 79.1 Å². The molecule has 3 aromatic carbocycles. The van der Waals surface area contributed by atoms with E-state index in [4.69, 9.17) is 5.11 Å². The van der Waals surface area contributed by atoms with Crippen molar-refractivity contribution in [3.8, 4) is 11.1 Å². The number of aromatic carboxylic acids is 1. The monoisotopic (exact) mass is 356 g/mol. The fourth-order valence-electron chi connectivity index (χ4n) is 3.33. The van der Waals surface area contributed by atoms with E-state index in [1.807, 2.05) is 24.5 Å². The highest BCUT2D eigenvalue weighted by Crippen LogP contribution is 2.24. The van der Waals surface area contributed by atoms with Gasteiger partial charge in [-0.3, -0.25) is 0 Å². The molecule has 0 saturated carbocycles. The molecule has 0 saturated heterocycles. The van der Waals surface area contributed by atoms with Crippen LogP contribution in [0.25, 0.3) is 22.2 Å². The normalized spacial score (nSPS) is 11.0. The van der Waals surface area contributed by atoms with E-state index in [2.05, 4.69) is 52.0 Å². The third-order valence-corrected chi connectivity index (χ3v) is 4.79. The number of hydrogen-bond acceptors (Lipinski definition) is 2. The van der Waals surface area contributed by atoms with Crippen LogP contribution in [0.1, 0.15) is 22.3 Å². The van der Waals surface area contributed by atoms with Crippen LogP contribution >= 0.6 is 0 Å². The van der Waals surface area contributed by atoms with Crippen LogP contribution < -0.4 is 0 Å². The molecule has 27 heavy (non-hydrogen) atoms. The van der Waals surface area contributed by atoms with E-state index < -0.39 is 5.97 Å². The number of aryl methyl sites for hydroxylation is 2. The number of hydrogen-bond donors (Lipinski definition) is 1. The van der Waals surface area contributed by atoms with Crippen molar-refractivity contribution in [2.75, 3.05) is 0 Å². The zero-order valence-electron chi connectivity index (χ0n) is 14.9. The number of carboxylic acid groups (broad SMARTS) is 1. The summed E-state index contributed by atoms with van der Waals surface area (Å²) < 4.78 is 2.19. The largest absolute Gasteiger partial charge is 0.478 e. The molecule has 0 radical (unpaired) electrons.